The highest BCUT2D eigenvalue weighted by Crippen LogP contribution is 2.43. The number of methoxy groups -OCH3 is 1. The number of ether oxygens (including phenoxy) is 2. The van der Waals surface area contributed by atoms with E-state index in [1.807, 2.05) is 53.8 Å². The van der Waals surface area contributed by atoms with E-state index < -0.39 is 22.4 Å². The van der Waals surface area contributed by atoms with E-state index >= 15 is 0 Å². The first-order valence-electron chi connectivity index (χ1n) is 10.7. The number of aryl methyl sites for hydroxylation is 1. The number of nitrogens with one attached hydrogen (secondary N) is 1. The molecule has 38 heavy (non-hydrogen) atoms. The first kappa shape index (κ1) is 27.4. The summed E-state index contributed by atoms with van der Waals surface area (Å²) in [4.78, 5) is 27.8. The topological polar surface area (TPSA) is 103 Å². The van der Waals surface area contributed by atoms with Crippen molar-refractivity contribution in [2.24, 2.45) is 4.99 Å². The third-order valence-electron chi connectivity index (χ3n) is 5.16. The van der Waals surface area contributed by atoms with Crippen LogP contribution in [0, 0.1) is 20.6 Å². The first-order valence-corrected chi connectivity index (χ1v) is 12.6. The van der Waals surface area contributed by atoms with Gasteiger partial charge in [0.15, 0.2) is 16.7 Å². The van der Waals surface area contributed by atoms with Crippen LogP contribution in [0.25, 0.3) is 6.08 Å². The van der Waals surface area contributed by atoms with E-state index in [1.165, 1.54) is 7.11 Å². The predicted octanol–water partition coefficient (Wildman–Crippen LogP) is 7.22. The molecule has 1 heterocycles. The van der Waals surface area contributed by atoms with Crippen molar-refractivity contribution in [2.45, 2.75) is 13.1 Å². The van der Waals surface area contributed by atoms with Crippen LogP contribution >= 0.6 is 34.4 Å². The number of nitro benzene ring substituents is 1. The third kappa shape index (κ3) is 6.27. The minimum Gasteiger partial charge on any atom is -0.493 e. The molecule has 0 atom stereocenters. The lowest BCUT2D eigenvalue weighted by Gasteiger charge is -2.14. The van der Waals surface area contributed by atoms with Crippen LogP contribution < -0.4 is 14.8 Å². The summed E-state index contributed by atoms with van der Waals surface area (Å²) in [7, 11) is 1.35. The molecule has 13 heteroatoms. The van der Waals surface area contributed by atoms with Crippen molar-refractivity contribution in [1.82, 2.24) is 5.32 Å². The van der Waals surface area contributed by atoms with Crippen LogP contribution in [0.5, 0.6) is 17.2 Å². The van der Waals surface area contributed by atoms with Crippen molar-refractivity contribution >= 4 is 62.9 Å². The van der Waals surface area contributed by atoms with Gasteiger partial charge in [0.2, 0.25) is 5.75 Å². The van der Waals surface area contributed by atoms with Crippen molar-refractivity contribution < 1.29 is 32.4 Å². The Kier molecular flexibility index (Phi) is 7.97. The zero-order valence-electron chi connectivity index (χ0n) is 19.6. The fourth-order valence-corrected chi connectivity index (χ4v) is 4.90. The first-order chi connectivity index (χ1) is 17.9. The van der Waals surface area contributed by atoms with Crippen LogP contribution in [0.1, 0.15) is 16.7 Å². The normalized spacial score (nSPS) is 15.6. The highest BCUT2D eigenvalue weighted by Gasteiger charge is 2.34. The summed E-state index contributed by atoms with van der Waals surface area (Å²) < 4.78 is 50.6. The number of halogens is 4. The Balaban J connectivity index is 1.63. The molecule has 1 aliphatic rings. The number of carbonyl (C=O) groups excluding carboxylic acids is 1. The van der Waals surface area contributed by atoms with Gasteiger partial charge in [-0.05, 0) is 89.3 Å². The van der Waals surface area contributed by atoms with E-state index in [-0.39, 0.29) is 23.2 Å². The number of aliphatic imine (C=N–C) groups is 1. The van der Waals surface area contributed by atoms with Crippen molar-refractivity contribution in [2.75, 3.05) is 7.11 Å². The molecular weight excluding hydrogens is 638 g/mol. The van der Waals surface area contributed by atoms with E-state index in [0.29, 0.717) is 37.0 Å². The Hall–Kier alpha value is -3.59. The van der Waals surface area contributed by atoms with Gasteiger partial charge in [0, 0.05) is 6.07 Å². The fraction of sp³-hybridized carbons (Fsp3) is 0.120. The summed E-state index contributed by atoms with van der Waals surface area (Å²) in [5, 5.41) is 14.6. The fourth-order valence-electron chi connectivity index (χ4n) is 3.32. The third-order valence-corrected chi connectivity index (χ3v) is 6.87. The number of nitro groups is 1. The molecule has 0 saturated carbocycles. The summed E-state index contributed by atoms with van der Waals surface area (Å²) >= 11 is 3.07. The van der Waals surface area contributed by atoms with Crippen LogP contribution in [0.4, 0.5) is 24.5 Å². The lowest BCUT2D eigenvalue weighted by molar-refractivity contribution is -0.385. The zero-order chi connectivity index (χ0) is 27.6. The van der Waals surface area contributed by atoms with E-state index in [0.717, 1.165) is 23.4 Å². The number of amidine groups is 1. The molecule has 0 spiro atoms. The monoisotopic (exact) mass is 655 g/mol. The van der Waals surface area contributed by atoms with Gasteiger partial charge in [0.1, 0.15) is 0 Å². The van der Waals surface area contributed by atoms with Crippen LogP contribution in [-0.4, -0.2) is 23.1 Å². The Morgan fingerprint density at radius 2 is 1.82 bits per heavy atom. The van der Waals surface area contributed by atoms with Crippen molar-refractivity contribution in [1.29, 1.82) is 0 Å². The molecule has 0 bridgehead atoms. The molecule has 0 aliphatic carbocycles. The van der Waals surface area contributed by atoms with Crippen molar-refractivity contribution in [3.05, 3.63) is 89.9 Å². The number of carbonyl (C=O) groups is 1. The van der Waals surface area contributed by atoms with E-state index in [1.54, 1.807) is 18.2 Å². The van der Waals surface area contributed by atoms with E-state index in [2.05, 4.69) is 10.3 Å². The standard InChI is InChI=1S/C25H17F3IN3O5S/c1-13-3-6-16(7-4-13)30-24-31-23(33)21(38-24)11-14-9-17(29)22(20(10-14)36-2)37-19-8-5-15(25(26,27)28)12-18(19)32(34)35/h3-12H,1-2H3,(H,30,31,33)/b21-11-. The summed E-state index contributed by atoms with van der Waals surface area (Å²) in [6, 6.07) is 12.7. The van der Waals surface area contributed by atoms with E-state index in [4.69, 9.17) is 9.47 Å². The minimum absolute atomic E-state index is 0.0725. The number of amides is 1. The molecule has 0 aromatic heterocycles. The maximum atomic E-state index is 13.0. The molecule has 3 aromatic carbocycles. The second-order valence-electron chi connectivity index (χ2n) is 7.89. The largest absolute Gasteiger partial charge is 0.493 e. The molecule has 1 N–H and O–H groups in total. The van der Waals surface area contributed by atoms with Crippen LogP contribution in [0.2, 0.25) is 0 Å². The van der Waals surface area contributed by atoms with Gasteiger partial charge in [-0.15, -0.1) is 0 Å². The van der Waals surface area contributed by atoms with Crippen molar-refractivity contribution in [3.8, 4) is 17.2 Å². The summed E-state index contributed by atoms with van der Waals surface area (Å²) in [6.07, 6.45) is -3.13. The second kappa shape index (κ2) is 11.0. The average molecular weight is 655 g/mol. The molecule has 4 rings (SSSR count). The van der Waals surface area contributed by atoms with Gasteiger partial charge in [-0.1, -0.05) is 17.7 Å². The number of alkyl halides is 3. The summed E-state index contributed by atoms with van der Waals surface area (Å²) in [5.41, 5.74) is 0.326. The molecule has 3 aromatic rings. The molecule has 0 radical (unpaired) electrons. The molecule has 1 saturated heterocycles. The number of thioether (sulfide) groups is 1. The van der Waals surface area contributed by atoms with Gasteiger partial charge >= 0.3 is 11.9 Å². The SMILES string of the molecule is COc1cc(/C=C2\SC(=Nc3ccc(C)cc3)NC2=O)cc(I)c1Oc1ccc(C(F)(F)F)cc1[N+](=O)[O-]. The lowest BCUT2D eigenvalue weighted by Crippen LogP contribution is -2.19. The molecule has 1 fully saturated rings. The minimum atomic E-state index is -4.75. The number of hydrogen-bond acceptors (Lipinski definition) is 7. The highest BCUT2D eigenvalue weighted by atomic mass is 127. The Morgan fingerprint density at radius 3 is 2.45 bits per heavy atom. The van der Waals surface area contributed by atoms with Gasteiger partial charge in [0.25, 0.3) is 5.91 Å². The maximum Gasteiger partial charge on any atom is 0.416 e. The molecule has 1 aliphatic heterocycles. The smallest absolute Gasteiger partial charge is 0.416 e. The van der Waals surface area contributed by atoms with Gasteiger partial charge in [-0.25, -0.2) is 4.99 Å². The summed E-state index contributed by atoms with van der Waals surface area (Å²) in [6.45, 7) is 1.96. The van der Waals surface area contributed by atoms with Crippen LogP contribution in [-0.2, 0) is 11.0 Å². The molecule has 1 amide bonds. The Morgan fingerprint density at radius 1 is 1.11 bits per heavy atom. The quantitative estimate of drug-likeness (QED) is 0.130. The number of rotatable bonds is 6. The molecule has 196 valence electrons. The second-order valence-corrected chi connectivity index (χ2v) is 10.1. The Bertz CT molecular complexity index is 1490. The summed E-state index contributed by atoms with van der Waals surface area (Å²) in [5.74, 6) is -0.485. The average Bonchev–Trinajstić information content (AvgIpc) is 3.19. The number of benzene rings is 3. The molecule has 8 nitrogen and oxygen atoms in total. The molecular formula is C25H17F3IN3O5S. The number of hydrogen-bond donors (Lipinski definition) is 1. The van der Waals surface area contributed by atoms with Gasteiger partial charge in [-0.3, -0.25) is 14.9 Å². The van der Waals surface area contributed by atoms with Gasteiger partial charge < -0.3 is 14.8 Å². The van der Waals surface area contributed by atoms with Gasteiger partial charge in [-0.2, -0.15) is 13.2 Å². The van der Waals surface area contributed by atoms with Crippen LogP contribution in [0.3, 0.4) is 0 Å². The molecule has 0 unspecified atom stereocenters. The number of nitrogens with zero attached hydrogens (tertiary/aromatic N) is 2. The van der Waals surface area contributed by atoms with Crippen molar-refractivity contribution in [3.63, 3.8) is 0 Å². The van der Waals surface area contributed by atoms with E-state index in [9.17, 15) is 28.1 Å². The van der Waals surface area contributed by atoms with Crippen LogP contribution in [0.15, 0.2) is 64.5 Å². The maximum absolute atomic E-state index is 13.0. The lowest BCUT2D eigenvalue weighted by atomic mass is 10.1. The highest BCUT2D eigenvalue weighted by molar-refractivity contribution is 14.1. The Labute approximate surface area is 232 Å². The zero-order valence-corrected chi connectivity index (χ0v) is 22.6. The van der Waals surface area contributed by atoms with Gasteiger partial charge in [0.05, 0.1) is 31.8 Å². The predicted molar refractivity (Wildman–Crippen MR) is 146 cm³/mol.